The molecule has 0 spiro atoms. The maximum atomic E-state index is 13.0. The monoisotopic (exact) mass is 478 g/mol. The van der Waals surface area contributed by atoms with Gasteiger partial charge in [0.25, 0.3) is 5.91 Å². The van der Waals surface area contributed by atoms with E-state index in [2.05, 4.69) is 15.7 Å². The van der Waals surface area contributed by atoms with Crippen molar-refractivity contribution >= 4 is 52.6 Å². The first-order chi connectivity index (χ1) is 14.9. The molecule has 0 radical (unpaired) electrons. The molecule has 10 heteroatoms. The fourth-order valence-corrected chi connectivity index (χ4v) is 4.69. The Morgan fingerprint density at radius 2 is 1.90 bits per heavy atom. The Balaban J connectivity index is 1.49. The summed E-state index contributed by atoms with van der Waals surface area (Å²) in [5, 5.41) is 10.8. The van der Waals surface area contributed by atoms with Crippen molar-refractivity contribution in [2.75, 3.05) is 5.32 Å². The van der Waals surface area contributed by atoms with Crippen LogP contribution in [0.15, 0.2) is 42.5 Å². The number of hydrogen-bond donors (Lipinski definition) is 2. The molecule has 2 heterocycles. The predicted octanol–water partition coefficient (Wildman–Crippen LogP) is 4.64. The Morgan fingerprint density at radius 1 is 1.13 bits per heavy atom. The Bertz CT molecular complexity index is 1150. The number of thioether (sulfide) groups is 1. The van der Waals surface area contributed by atoms with E-state index in [4.69, 9.17) is 23.2 Å². The number of fused-ring (bicyclic) bond motifs is 1. The molecule has 2 aromatic carbocycles. The molecule has 2 amide bonds. The molecule has 0 bridgehead atoms. The molecule has 1 aromatic heterocycles. The number of rotatable bonds is 6. The van der Waals surface area contributed by atoms with Gasteiger partial charge in [-0.25, -0.2) is 9.07 Å². The molecule has 3 aromatic rings. The van der Waals surface area contributed by atoms with Gasteiger partial charge in [0.15, 0.2) is 0 Å². The minimum Gasteiger partial charge on any atom is -0.350 e. The molecule has 0 aliphatic carbocycles. The average Bonchev–Trinajstić information content (AvgIpc) is 3.30. The third-order valence-electron chi connectivity index (χ3n) is 4.72. The molecule has 6 nitrogen and oxygen atoms in total. The van der Waals surface area contributed by atoms with Gasteiger partial charge in [0.2, 0.25) is 5.91 Å². The van der Waals surface area contributed by atoms with Gasteiger partial charge in [0.05, 0.1) is 16.3 Å². The molecule has 31 heavy (non-hydrogen) atoms. The number of anilines is 1. The average molecular weight is 479 g/mol. The van der Waals surface area contributed by atoms with Crippen LogP contribution in [0.3, 0.4) is 0 Å². The van der Waals surface area contributed by atoms with Crippen LogP contribution < -0.4 is 10.6 Å². The SMILES string of the molecule is O=C(Cn1nc2c(c1NC(=O)c1ccc(Cl)cc1Cl)CSC2)NCc1ccc(F)cc1. The third kappa shape index (κ3) is 5.03. The fourth-order valence-electron chi connectivity index (χ4n) is 3.16. The van der Waals surface area contributed by atoms with Crippen molar-refractivity contribution in [2.45, 2.75) is 24.6 Å². The highest BCUT2D eigenvalue weighted by molar-refractivity contribution is 7.98. The number of nitrogens with zero attached hydrogens (tertiary/aromatic N) is 2. The first-order valence-electron chi connectivity index (χ1n) is 9.34. The standard InChI is InChI=1S/C21H17Cl2FN4O2S/c22-13-3-6-15(17(23)7-13)21(30)26-20-16-10-31-11-18(16)27-28(20)9-19(29)25-8-12-1-4-14(24)5-2-12/h1-7H,8-11H2,(H,25,29)(H,26,30). The second-order valence-corrected chi connectivity index (χ2v) is 8.74. The van der Waals surface area contributed by atoms with E-state index in [1.165, 1.54) is 22.9 Å². The second-order valence-electron chi connectivity index (χ2n) is 6.91. The topological polar surface area (TPSA) is 76.0 Å². The van der Waals surface area contributed by atoms with E-state index < -0.39 is 5.91 Å². The van der Waals surface area contributed by atoms with Gasteiger partial charge in [-0.15, -0.1) is 0 Å². The van der Waals surface area contributed by atoms with E-state index >= 15 is 0 Å². The summed E-state index contributed by atoms with van der Waals surface area (Å²) >= 11 is 13.8. The maximum absolute atomic E-state index is 13.0. The van der Waals surface area contributed by atoms with E-state index in [-0.39, 0.29) is 35.4 Å². The lowest BCUT2D eigenvalue weighted by Gasteiger charge is -2.12. The third-order valence-corrected chi connectivity index (χ3v) is 6.24. The summed E-state index contributed by atoms with van der Waals surface area (Å²) in [6.45, 7) is 0.195. The lowest BCUT2D eigenvalue weighted by Crippen LogP contribution is -2.29. The number of benzene rings is 2. The highest BCUT2D eigenvalue weighted by Gasteiger charge is 2.25. The van der Waals surface area contributed by atoms with E-state index in [1.54, 1.807) is 36.0 Å². The maximum Gasteiger partial charge on any atom is 0.258 e. The van der Waals surface area contributed by atoms with Crippen LogP contribution in [0.5, 0.6) is 0 Å². The van der Waals surface area contributed by atoms with Crippen LogP contribution in [0.2, 0.25) is 10.0 Å². The highest BCUT2D eigenvalue weighted by Crippen LogP contribution is 2.35. The molecule has 0 saturated heterocycles. The molecule has 160 valence electrons. The summed E-state index contributed by atoms with van der Waals surface area (Å²) in [4.78, 5) is 25.3. The summed E-state index contributed by atoms with van der Waals surface area (Å²) < 4.78 is 14.5. The van der Waals surface area contributed by atoms with E-state index in [0.29, 0.717) is 22.3 Å². The van der Waals surface area contributed by atoms with Gasteiger partial charge in [0, 0.05) is 28.6 Å². The normalized spacial score (nSPS) is 12.5. The number of carbonyl (C=O) groups is 2. The van der Waals surface area contributed by atoms with Crippen molar-refractivity contribution in [3.8, 4) is 0 Å². The van der Waals surface area contributed by atoms with Crippen molar-refractivity contribution in [2.24, 2.45) is 0 Å². The van der Waals surface area contributed by atoms with Crippen molar-refractivity contribution in [1.29, 1.82) is 0 Å². The lowest BCUT2D eigenvalue weighted by molar-refractivity contribution is -0.122. The molecular formula is C21H17Cl2FN4O2S. The number of halogens is 3. The van der Waals surface area contributed by atoms with Crippen molar-refractivity contribution < 1.29 is 14.0 Å². The van der Waals surface area contributed by atoms with Crippen LogP contribution >= 0.6 is 35.0 Å². The Kier molecular flexibility index (Phi) is 6.50. The van der Waals surface area contributed by atoms with Gasteiger partial charge < -0.3 is 10.6 Å². The number of amides is 2. The second kappa shape index (κ2) is 9.30. The van der Waals surface area contributed by atoms with Crippen molar-refractivity contribution in [3.63, 3.8) is 0 Å². The number of nitrogens with one attached hydrogen (secondary N) is 2. The molecule has 0 fully saturated rings. The largest absolute Gasteiger partial charge is 0.350 e. The van der Waals surface area contributed by atoms with Gasteiger partial charge in [-0.3, -0.25) is 9.59 Å². The number of hydrogen-bond acceptors (Lipinski definition) is 4. The smallest absolute Gasteiger partial charge is 0.258 e. The number of aromatic nitrogens is 2. The Labute approximate surface area is 192 Å². The molecule has 0 saturated carbocycles. The molecule has 0 atom stereocenters. The van der Waals surface area contributed by atoms with Crippen LogP contribution in [-0.2, 0) is 29.4 Å². The number of carbonyl (C=O) groups excluding carboxylic acids is 2. The van der Waals surface area contributed by atoms with Crippen LogP contribution in [0, 0.1) is 5.82 Å². The quantitative estimate of drug-likeness (QED) is 0.540. The molecule has 2 N–H and O–H groups in total. The Hall–Kier alpha value is -2.55. The molecular weight excluding hydrogens is 462 g/mol. The zero-order chi connectivity index (χ0) is 22.0. The van der Waals surface area contributed by atoms with E-state index in [9.17, 15) is 14.0 Å². The highest BCUT2D eigenvalue weighted by atomic mass is 35.5. The summed E-state index contributed by atoms with van der Waals surface area (Å²) in [6, 6.07) is 10.5. The summed E-state index contributed by atoms with van der Waals surface area (Å²) in [7, 11) is 0. The molecule has 4 rings (SSSR count). The van der Waals surface area contributed by atoms with E-state index in [1.807, 2.05) is 0 Å². The van der Waals surface area contributed by atoms with Gasteiger partial charge in [-0.05, 0) is 35.9 Å². The summed E-state index contributed by atoms with van der Waals surface area (Å²) in [5.74, 6) is 0.862. The molecule has 1 aliphatic heterocycles. The van der Waals surface area contributed by atoms with E-state index in [0.717, 1.165) is 16.8 Å². The van der Waals surface area contributed by atoms with Crippen LogP contribution in [0.1, 0.15) is 27.2 Å². The first-order valence-corrected chi connectivity index (χ1v) is 11.3. The summed E-state index contributed by atoms with van der Waals surface area (Å²) in [6.07, 6.45) is 0. The minimum atomic E-state index is -0.408. The molecule has 0 unspecified atom stereocenters. The van der Waals surface area contributed by atoms with Crippen LogP contribution in [-0.4, -0.2) is 21.6 Å². The first kappa shape index (κ1) is 21.7. The van der Waals surface area contributed by atoms with Gasteiger partial charge in [-0.2, -0.15) is 16.9 Å². The van der Waals surface area contributed by atoms with Crippen molar-refractivity contribution in [1.82, 2.24) is 15.1 Å². The zero-order valence-corrected chi connectivity index (χ0v) is 18.5. The Morgan fingerprint density at radius 3 is 2.65 bits per heavy atom. The molecule has 1 aliphatic rings. The zero-order valence-electron chi connectivity index (χ0n) is 16.1. The van der Waals surface area contributed by atoms with Gasteiger partial charge in [0.1, 0.15) is 18.2 Å². The lowest BCUT2D eigenvalue weighted by atomic mass is 10.2. The van der Waals surface area contributed by atoms with Crippen molar-refractivity contribution in [3.05, 3.63) is 80.7 Å². The minimum absolute atomic E-state index is 0.0666. The fraction of sp³-hybridized carbons (Fsp3) is 0.190. The van der Waals surface area contributed by atoms with Gasteiger partial charge >= 0.3 is 0 Å². The van der Waals surface area contributed by atoms with Crippen LogP contribution in [0.4, 0.5) is 10.2 Å². The van der Waals surface area contributed by atoms with Gasteiger partial charge in [-0.1, -0.05) is 35.3 Å². The van der Waals surface area contributed by atoms with Crippen LogP contribution in [0.25, 0.3) is 0 Å². The summed E-state index contributed by atoms with van der Waals surface area (Å²) in [5.41, 5.74) is 2.79. The predicted molar refractivity (Wildman–Crippen MR) is 120 cm³/mol.